The number of nitrogen functional groups attached to an aromatic ring is 1. The molecule has 1 atom stereocenters. The molecule has 1 fully saturated rings. The number of amides is 1. The summed E-state index contributed by atoms with van der Waals surface area (Å²) in [5.74, 6) is -2.40. The molecular formula is C28H26ClF2N9O3. The summed E-state index contributed by atoms with van der Waals surface area (Å²) in [6.07, 6.45) is 1.24. The lowest BCUT2D eigenvalue weighted by molar-refractivity contribution is -0.129. The summed E-state index contributed by atoms with van der Waals surface area (Å²) in [7, 11) is 1.23. The average molecular weight is 610 g/mol. The van der Waals surface area contributed by atoms with E-state index in [0.717, 1.165) is 0 Å². The van der Waals surface area contributed by atoms with Gasteiger partial charge in [-0.15, -0.1) is 0 Å². The minimum absolute atomic E-state index is 0.00470. The molecule has 2 N–H and O–H groups in total. The van der Waals surface area contributed by atoms with Gasteiger partial charge in [0.1, 0.15) is 23.9 Å². The van der Waals surface area contributed by atoms with Crippen LogP contribution in [-0.4, -0.2) is 73.5 Å². The molecule has 2 aromatic carbocycles. The highest BCUT2D eigenvalue weighted by Gasteiger charge is 2.30. The quantitative estimate of drug-likeness (QED) is 0.318. The molecule has 0 radical (unpaired) electrons. The lowest BCUT2D eigenvalue weighted by Gasteiger charge is -2.37. The molecule has 0 spiro atoms. The van der Waals surface area contributed by atoms with Gasteiger partial charge >= 0.3 is 0 Å². The predicted octanol–water partition coefficient (Wildman–Crippen LogP) is 3.14. The van der Waals surface area contributed by atoms with Gasteiger partial charge in [0.05, 0.1) is 41.5 Å². The lowest BCUT2D eigenvalue weighted by Crippen LogP contribution is -2.56. The van der Waals surface area contributed by atoms with Crippen molar-refractivity contribution in [2.45, 2.75) is 19.9 Å². The molecular weight excluding hydrogens is 584 g/mol. The van der Waals surface area contributed by atoms with Gasteiger partial charge in [-0.1, -0.05) is 17.7 Å². The topological polar surface area (TPSA) is 137 Å². The lowest BCUT2D eigenvalue weighted by atomic mass is 10.1. The smallest absolute Gasteiger partial charge is 0.281 e. The fourth-order valence-electron chi connectivity index (χ4n) is 5.39. The van der Waals surface area contributed by atoms with E-state index in [1.807, 2.05) is 0 Å². The number of aromatic nitrogens is 6. The summed E-state index contributed by atoms with van der Waals surface area (Å²) >= 11 is 6.45. The number of hydrogen-bond donors (Lipinski definition) is 1. The number of nitrogens with zero attached hydrogens (tertiary/aromatic N) is 8. The van der Waals surface area contributed by atoms with Gasteiger partial charge in [0, 0.05) is 25.6 Å². The first-order valence-electron chi connectivity index (χ1n) is 13.3. The number of ether oxygens (including phenoxy) is 1. The van der Waals surface area contributed by atoms with Crippen molar-refractivity contribution in [1.29, 1.82) is 0 Å². The maximum atomic E-state index is 15.3. The zero-order valence-corrected chi connectivity index (χ0v) is 24.1. The van der Waals surface area contributed by atoms with Gasteiger partial charge in [-0.3, -0.25) is 9.59 Å². The Morgan fingerprint density at radius 3 is 2.51 bits per heavy atom. The minimum Gasteiger partial charge on any atom is -0.494 e. The van der Waals surface area contributed by atoms with Crippen molar-refractivity contribution in [3.05, 3.63) is 69.5 Å². The number of anilines is 1. The minimum atomic E-state index is -1.18. The molecule has 12 nitrogen and oxygen atoms in total. The van der Waals surface area contributed by atoms with Crippen LogP contribution in [0.1, 0.15) is 25.7 Å². The highest BCUT2D eigenvalue weighted by Crippen LogP contribution is 2.36. The Balaban J connectivity index is 1.57. The molecule has 0 saturated carbocycles. The van der Waals surface area contributed by atoms with Crippen LogP contribution in [-0.2, 0) is 4.79 Å². The van der Waals surface area contributed by atoms with E-state index in [1.165, 1.54) is 41.9 Å². The van der Waals surface area contributed by atoms with Crippen LogP contribution in [0, 0.1) is 11.6 Å². The molecule has 1 unspecified atom stereocenters. The van der Waals surface area contributed by atoms with Gasteiger partial charge in [0.2, 0.25) is 11.7 Å². The largest absolute Gasteiger partial charge is 0.494 e. The second-order valence-electron chi connectivity index (χ2n) is 10.1. The Labute approximate surface area is 248 Å². The number of fused-ring (bicyclic) bond motifs is 2. The van der Waals surface area contributed by atoms with E-state index in [1.54, 1.807) is 35.0 Å². The molecule has 43 heavy (non-hydrogen) atoms. The fraction of sp³-hybridized carbons (Fsp3) is 0.286. The normalized spacial score (nSPS) is 14.5. The third kappa shape index (κ3) is 4.58. The Kier molecular flexibility index (Phi) is 7.08. The van der Waals surface area contributed by atoms with Crippen LogP contribution in [0.4, 0.5) is 14.6 Å². The van der Waals surface area contributed by atoms with E-state index in [4.69, 9.17) is 27.1 Å². The molecule has 1 aliphatic heterocycles. The number of halogens is 3. The zero-order valence-electron chi connectivity index (χ0n) is 23.4. The Morgan fingerprint density at radius 1 is 1.07 bits per heavy atom. The molecule has 0 aliphatic carbocycles. The van der Waals surface area contributed by atoms with Gasteiger partial charge in [0.25, 0.3) is 5.56 Å². The fourth-order valence-corrected chi connectivity index (χ4v) is 5.64. The summed E-state index contributed by atoms with van der Waals surface area (Å²) in [6, 6.07) is 6.83. The summed E-state index contributed by atoms with van der Waals surface area (Å²) < 4.78 is 37.9. The van der Waals surface area contributed by atoms with Crippen LogP contribution in [0.3, 0.4) is 0 Å². The van der Waals surface area contributed by atoms with Crippen molar-refractivity contribution in [1.82, 2.24) is 34.3 Å². The third-order valence-corrected chi connectivity index (χ3v) is 7.93. The van der Waals surface area contributed by atoms with Gasteiger partial charge in [0.15, 0.2) is 23.0 Å². The molecule has 15 heteroatoms. The van der Waals surface area contributed by atoms with Crippen LogP contribution >= 0.6 is 11.6 Å². The predicted molar refractivity (Wildman–Crippen MR) is 157 cm³/mol. The van der Waals surface area contributed by atoms with Crippen molar-refractivity contribution in [3.63, 3.8) is 0 Å². The summed E-state index contributed by atoms with van der Waals surface area (Å²) in [5, 5.41) is 7.12. The van der Waals surface area contributed by atoms with Gasteiger partial charge < -0.3 is 20.4 Å². The molecule has 0 bridgehead atoms. The van der Waals surface area contributed by atoms with Crippen LogP contribution in [0.15, 0.2) is 41.5 Å². The van der Waals surface area contributed by atoms with Gasteiger partial charge in [-0.25, -0.2) is 28.7 Å². The molecule has 222 valence electrons. The number of rotatable bonds is 5. The SMILES string of the molecule is COc1ccc(-c2nn(C(C)c3nc4cccc(Cl)c4c(=O)n3N3CCN(C(C)=O)CC3)c3ncnc(N)c23)c(F)c1F. The van der Waals surface area contributed by atoms with E-state index >= 15 is 4.39 Å². The molecule has 3 aromatic heterocycles. The molecule has 6 rings (SSSR count). The van der Waals surface area contributed by atoms with Gasteiger partial charge in [-0.05, 0) is 31.2 Å². The van der Waals surface area contributed by atoms with Crippen LogP contribution < -0.4 is 21.0 Å². The van der Waals surface area contributed by atoms with Crippen molar-refractivity contribution >= 4 is 45.3 Å². The maximum absolute atomic E-state index is 15.3. The van der Waals surface area contributed by atoms with E-state index in [9.17, 15) is 14.0 Å². The third-order valence-electron chi connectivity index (χ3n) is 7.61. The van der Waals surface area contributed by atoms with E-state index in [-0.39, 0.29) is 56.0 Å². The summed E-state index contributed by atoms with van der Waals surface area (Å²) in [6.45, 7) is 4.76. The standard InChI is InChI=1S/C28H26ClF2N9O3/c1-14(39-27-21(25(32)33-13-34-27)24(36-39)16-7-8-19(43-3)23(31)22(16)30)26-35-18-6-4-5-17(29)20(18)28(42)40(26)38-11-9-37(10-12-38)15(2)41/h4-8,13-14H,9-12H2,1-3H3,(H2,32,33,34). The second kappa shape index (κ2) is 10.8. The number of benzene rings is 2. The number of carbonyl (C=O) groups is 1. The van der Waals surface area contributed by atoms with Crippen LogP contribution in [0.2, 0.25) is 5.02 Å². The number of carbonyl (C=O) groups excluding carboxylic acids is 1. The molecule has 5 aromatic rings. The van der Waals surface area contributed by atoms with Crippen LogP contribution in [0.5, 0.6) is 5.75 Å². The Hall–Kier alpha value is -4.85. The summed E-state index contributed by atoms with van der Waals surface area (Å²) in [5.41, 5.74) is 6.24. The van der Waals surface area contributed by atoms with Crippen molar-refractivity contribution in [2.75, 3.05) is 44.0 Å². The van der Waals surface area contributed by atoms with E-state index in [2.05, 4.69) is 15.1 Å². The highest BCUT2D eigenvalue weighted by atomic mass is 35.5. The molecule has 1 aliphatic rings. The Morgan fingerprint density at radius 2 is 1.81 bits per heavy atom. The van der Waals surface area contributed by atoms with Crippen LogP contribution in [0.25, 0.3) is 33.2 Å². The average Bonchev–Trinajstić information content (AvgIpc) is 3.38. The number of piperazine rings is 1. The highest BCUT2D eigenvalue weighted by molar-refractivity contribution is 6.35. The first-order valence-corrected chi connectivity index (χ1v) is 13.7. The number of methoxy groups -OCH3 is 1. The van der Waals surface area contributed by atoms with Crippen molar-refractivity contribution in [3.8, 4) is 17.0 Å². The molecule has 4 heterocycles. The van der Waals surface area contributed by atoms with Crippen molar-refractivity contribution in [2.24, 2.45) is 0 Å². The number of nitrogens with two attached hydrogens (primary N) is 1. The zero-order chi connectivity index (χ0) is 30.6. The molecule has 1 amide bonds. The van der Waals surface area contributed by atoms with Crippen molar-refractivity contribution < 1.29 is 18.3 Å². The number of hydrogen-bond acceptors (Lipinski definition) is 9. The second-order valence-corrected chi connectivity index (χ2v) is 10.5. The first-order chi connectivity index (χ1) is 20.6. The maximum Gasteiger partial charge on any atom is 0.281 e. The van der Waals surface area contributed by atoms with Gasteiger partial charge in [-0.2, -0.15) is 9.49 Å². The van der Waals surface area contributed by atoms with E-state index < -0.39 is 23.2 Å². The summed E-state index contributed by atoms with van der Waals surface area (Å²) in [4.78, 5) is 41.0. The Bertz CT molecular complexity index is 1970. The monoisotopic (exact) mass is 609 g/mol. The first kappa shape index (κ1) is 28.3. The van der Waals surface area contributed by atoms with E-state index in [0.29, 0.717) is 31.7 Å². The molecule has 1 saturated heterocycles.